The first-order valence-corrected chi connectivity index (χ1v) is 6.85. The van der Waals surface area contributed by atoms with Crippen molar-refractivity contribution in [2.75, 3.05) is 17.7 Å². The molecule has 0 bridgehead atoms. The molecule has 0 aliphatic rings. The van der Waals surface area contributed by atoms with Gasteiger partial charge in [0.2, 0.25) is 5.95 Å². The van der Waals surface area contributed by atoms with Crippen LogP contribution in [0.15, 0.2) is 6.33 Å². The maximum absolute atomic E-state index is 4.52. The monoisotopic (exact) mass is 262 g/mol. The van der Waals surface area contributed by atoms with Crippen molar-refractivity contribution in [3.05, 3.63) is 6.33 Å². The number of fused-ring (bicyclic) bond motifs is 1. The molecule has 0 saturated carbocycles. The summed E-state index contributed by atoms with van der Waals surface area (Å²) in [5.74, 6) is 1.40. The summed E-state index contributed by atoms with van der Waals surface area (Å²) in [7, 11) is 1.81. The SMILES string of the molecule is CCC(CC)(CC)Nc1nc(NC)nc2nc[nH]c12. The van der Waals surface area contributed by atoms with Crippen LogP contribution in [0, 0.1) is 0 Å². The molecule has 0 aliphatic heterocycles. The molecule has 0 saturated heterocycles. The number of H-pyrrole nitrogens is 1. The molecule has 2 aromatic rings. The summed E-state index contributed by atoms with van der Waals surface area (Å²) in [4.78, 5) is 16.1. The van der Waals surface area contributed by atoms with E-state index in [4.69, 9.17) is 0 Å². The Hall–Kier alpha value is -1.85. The van der Waals surface area contributed by atoms with E-state index < -0.39 is 0 Å². The minimum atomic E-state index is 0.0669. The molecular weight excluding hydrogens is 240 g/mol. The van der Waals surface area contributed by atoms with Gasteiger partial charge in [-0.1, -0.05) is 20.8 Å². The summed E-state index contributed by atoms with van der Waals surface area (Å²) in [6, 6.07) is 0. The number of aromatic amines is 1. The number of nitrogens with one attached hydrogen (secondary N) is 3. The number of aromatic nitrogens is 4. The maximum atomic E-state index is 4.52. The Labute approximate surface area is 113 Å². The predicted octanol–water partition coefficient (Wildman–Crippen LogP) is 2.78. The molecule has 6 heteroatoms. The van der Waals surface area contributed by atoms with E-state index in [2.05, 4.69) is 51.3 Å². The van der Waals surface area contributed by atoms with Crippen molar-refractivity contribution in [2.24, 2.45) is 0 Å². The first-order chi connectivity index (χ1) is 9.18. The molecule has 3 N–H and O–H groups in total. The van der Waals surface area contributed by atoms with Crippen LogP contribution in [0.25, 0.3) is 11.2 Å². The smallest absolute Gasteiger partial charge is 0.226 e. The molecule has 0 atom stereocenters. The number of anilines is 2. The van der Waals surface area contributed by atoms with Crippen LogP contribution in [0.5, 0.6) is 0 Å². The standard InChI is InChI=1S/C13H22N6/c1-5-13(6-2,7-3)19-11-9-10(16-8-15-9)17-12(14-4)18-11/h8H,5-7H2,1-4H3,(H3,14,15,16,17,18,19). The van der Waals surface area contributed by atoms with E-state index in [0.717, 1.165) is 30.6 Å². The fourth-order valence-corrected chi connectivity index (χ4v) is 2.30. The normalized spacial score (nSPS) is 11.8. The lowest BCUT2D eigenvalue weighted by molar-refractivity contribution is 0.419. The van der Waals surface area contributed by atoms with E-state index in [1.54, 1.807) is 6.33 Å². The highest BCUT2D eigenvalue weighted by Gasteiger charge is 2.25. The van der Waals surface area contributed by atoms with Crippen LogP contribution in [0.2, 0.25) is 0 Å². The fourth-order valence-electron chi connectivity index (χ4n) is 2.30. The van der Waals surface area contributed by atoms with E-state index in [1.807, 2.05) is 7.05 Å². The van der Waals surface area contributed by atoms with Gasteiger partial charge < -0.3 is 15.6 Å². The van der Waals surface area contributed by atoms with Crippen molar-refractivity contribution in [3.8, 4) is 0 Å². The Balaban J connectivity index is 2.46. The second-order valence-electron chi connectivity index (χ2n) is 4.71. The lowest BCUT2D eigenvalue weighted by Gasteiger charge is -2.32. The largest absolute Gasteiger partial charge is 0.363 e. The molecular formula is C13H22N6. The van der Waals surface area contributed by atoms with E-state index in [0.29, 0.717) is 11.6 Å². The van der Waals surface area contributed by atoms with Crippen LogP contribution >= 0.6 is 0 Å². The van der Waals surface area contributed by atoms with Gasteiger partial charge in [0.25, 0.3) is 0 Å². The van der Waals surface area contributed by atoms with E-state index >= 15 is 0 Å². The second kappa shape index (κ2) is 5.42. The molecule has 104 valence electrons. The average Bonchev–Trinajstić information content (AvgIpc) is 2.93. The molecule has 2 heterocycles. The third kappa shape index (κ3) is 2.47. The number of nitrogens with zero attached hydrogens (tertiary/aromatic N) is 3. The average molecular weight is 262 g/mol. The molecule has 0 unspecified atom stereocenters. The summed E-state index contributed by atoms with van der Waals surface area (Å²) in [5.41, 5.74) is 1.61. The first kappa shape index (κ1) is 13.6. The summed E-state index contributed by atoms with van der Waals surface area (Å²) in [6.45, 7) is 6.60. The van der Waals surface area contributed by atoms with Crippen molar-refractivity contribution >= 4 is 22.9 Å². The summed E-state index contributed by atoms with van der Waals surface area (Å²) in [5, 5.41) is 6.56. The fraction of sp³-hybridized carbons (Fsp3) is 0.615. The van der Waals surface area contributed by atoms with Gasteiger partial charge in [0.05, 0.1) is 6.33 Å². The van der Waals surface area contributed by atoms with Crippen LogP contribution in [0.4, 0.5) is 11.8 Å². The summed E-state index contributed by atoms with van der Waals surface area (Å²) in [6.07, 6.45) is 4.80. The molecule has 6 nitrogen and oxygen atoms in total. The molecule has 2 aromatic heterocycles. The number of hydrogen-bond donors (Lipinski definition) is 3. The molecule has 0 fully saturated rings. The Morgan fingerprint density at radius 3 is 2.42 bits per heavy atom. The Morgan fingerprint density at radius 2 is 1.84 bits per heavy atom. The number of hydrogen-bond acceptors (Lipinski definition) is 5. The zero-order valence-electron chi connectivity index (χ0n) is 12.0. The van der Waals surface area contributed by atoms with Gasteiger partial charge in [0, 0.05) is 12.6 Å². The van der Waals surface area contributed by atoms with Gasteiger partial charge in [-0.2, -0.15) is 9.97 Å². The minimum absolute atomic E-state index is 0.0669. The van der Waals surface area contributed by atoms with E-state index in [9.17, 15) is 0 Å². The molecule has 0 spiro atoms. The third-order valence-electron chi connectivity index (χ3n) is 3.92. The Bertz CT molecular complexity index is 535. The predicted molar refractivity (Wildman–Crippen MR) is 78.5 cm³/mol. The highest BCUT2D eigenvalue weighted by atomic mass is 15.2. The van der Waals surface area contributed by atoms with Crippen molar-refractivity contribution in [2.45, 2.75) is 45.6 Å². The number of imidazole rings is 1. The van der Waals surface area contributed by atoms with Crippen LogP contribution < -0.4 is 10.6 Å². The van der Waals surface area contributed by atoms with Crippen LogP contribution in [-0.4, -0.2) is 32.5 Å². The second-order valence-corrected chi connectivity index (χ2v) is 4.71. The van der Waals surface area contributed by atoms with Crippen molar-refractivity contribution in [3.63, 3.8) is 0 Å². The van der Waals surface area contributed by atoms with Gasteiger partial charge >= 0.3 is 0 Å². The highest BCUT2D eigenvalue weighted by Crippen LogP contribution is 2.28. The summed E-state index contributed by atoms with van der Waals surface area (Å²) < 4.78 is 0. The summed E-state index contributed by atoms with van der Waals surface area (Å²) >= 11 is 0. The number of rotatable bonds is 6. The van der Waals surface area contributed by atoms with Gasteiger partial charge in [-0.15, -0.1) is 0 Å². The van der Waals surface area contributed by atoms with Crippen molar-refractivity contribution in [1.82, 2.24) is 19.9 Å². The molecule has 0 aromatic carbocycles. The molecule has 19 heavy (non-hydrogen) atoms. The van der Waals surface area contributed by atoms with Crippen LogP contribution in [0.3, 0.4) is 0 Å². The van der Waals surface area contributed by atoms with Crippen molar-refractivity contribution < 1.29 is 0 Å². The maximum Gasteiger partial charge on any atom is 0.226 e. The van der Waals surface area contributed by atoms with Gasteiger partial charge in [-0.05, 0) is 19.3 Å². The lowest BCUT2D eigenvalue weighted by Crippen LogP contribution is -2.36. The van der Waals surface area contributed by atoms with Gasteiger partial charge in [-0.25, -0.2) is 4.98 Å². The van der Waals surface area contributed by atoms with Crippen molar-refractivity contribution in [1.29, 1.82) is 0 Å². The quantitative estimate of drug-likeness (QED) is 0.746. The third-order valence-corrected chi connectivity index (χ3v) is 3.92. The Kier molecular flexibility index (Phi) is 3.87. The Morgan fingerprint density at radius 1 is 1.16 bits per heavy atom. The zero-order valence-corrected chi connectivity index (χ0v) is 12.0. The topological polar surface area (TPSA) is 78.5 Å². The zero-order chi connectivity index (χ0) is 13.9. The van der Waals surface area contributed by atoms with Gasteiger partial charge in [0.1, 0.15) is 5.52 Å². The minimum Gasteiger partial charge on any atom is -0.363 e. The van der Waals surface area contributed by atoms with Gasteiger partial charge in [0.15, 0.2) is 11.5 Å². The lowest BCUT2D eigenvalue weighted by atomic mass is 9.90. The van der Waals surface area contributed by atoms with E-state index in [1.165, 1.54) is 0 Å². The van der Waals surface area contributed by atoms with E-state index in [-0.39, 0.29) is 5.54 Å². The molecule has 0 radical (unpaired) electrons. The van der Waals surface area contributed by atoms with Crippen LogP contribution in [0.1, 0.15) is 40.0 Å². The van der Waals surface area contributed by atoms with Crippen LogP contribution in [-0.2, 0) is 0 Å². The van der Waals surface area contributed by atoms with Gasteiger partial charge in [-0.3, -0.25) is 0 Å². The molecule has 2 rings (SSSR count). The highest BCUT2D eigenvalue weighted by molar-refractivity contribution is 5.84. The molecule has 0 amide bonds. The molecule has 0 aliphatic carbocycles. The first-order valence-electron chi connectivity index (χ1n) is 6.85.